The van der Waals surface area contributed by atoms with Gasteiger partial charge in [0.2, 0.25) is 0 Å². The van der Waals surface area contributed by atoms with Crippen LogP contribution in [-0.4, -0.2) is 38.5 Å². The molecule has 1 aliphatic heterocycles. The van der Waals surface area contributed by atoms with Gasteiger partial charge in [0, 0.05) is 14.9 Å². The van der Waals surface area contributed by atoms with Crippen LogP contribution in [0.3, 0.4) is 0 Å². The fraction of sp³-hybridized carbons (Fsp3) is 0.381. The predicted octanol–water partition coefficient (Wildman–Crippen LogP) is 4.67. The quantitative estimate of drug-likeness (QED) is 0.627. The first-order valence-electron chi connectivity index (χ1n) is 9.26. The Balaban J connectivity index is 2.22. The van der Waals surface area contributed by atoms with Gasteiger partial charge in [-0.2, -0.15) is 0 Å². The Labute approximate surface area is 181 Å². The number of likely N-dealkylation sites (tertiary alicyclic amines) is 1. The number of carboxylic acids is 2. The molecule has 6 nitrogen and oxygen atoms in total. The largest absolute Gasteiger partial charge is 0.481 e. The molecule has 0 bridgehead atoms. The lowest BCUT2D eigenvalue weighted by atomic mass is 9.83. The van der Waals surface area contributed by atoms with Crippen molar-refractivity contribution in [3.8, 4) is 0 Å². The molecule has 3 rings (SSSR count). The summed E-state index contributed by atoms with van der Waals surface area (Å²) in [5, 5.41) is 22.0. The van der Waals surface area contributed by atoms with Crippen LogP contribution in [-0.2, 0) is 9.59 Å². The summed E-state index contributed by atoms with van der Waals surface area (Å²) in [6.45, 7) is 3.75. The number of carboxylic acid groups (broad SMARTS) is 2. The third-order valence-electron chi connectivity index (χ3n) is 5.26. The third kappa shape index (κ3) is 3.96. The zero-order valence-corrected chi connectivity index (χ0v) is 18.4. The molecule has 1 aromatic carbocycles. The Kier molecular flexibility index (Phi) is 6.14. The molecule has 2 N–H and O–H groups in total. The van der Waals surface area contributed by atoms with E-state index >= 15 is 0 Å². The molecule has 8 heteroatoms. The minimum Gasteiger partial charge on any atom is -0.481 e. The first-order valence-corrected chi connectivity index (χ1v) is 10.9. The van der Waals surface area contributed by atoms with E-state index in [2.05, 4.69) is 15.9 Å². The smallest absolute Gasteiger partial charge is 0.329 e. The fourth-order valence-electron chi connectivity index (χ4n) is 4.24. The van der Waals surface area contributed by atoms with Crippen LogP contribution < -0.4 is 0 Å². The van der Waals surface area contributed by atoms with Crippen molar-refractivity contribution in [1.82, 2.24) is 4.90 Å². The second-order valence-electron chi connectivity index (χ2n) is 7.73. The van der Waals surface area contributed by atoms with E-state index in [1.165, 1.54) is 16.2 Å². The number of hydrogen-bond acceptors (Lipinski definition) is 4. The highest BCUT2D eigenvalue weighted by Crippen LogP contribution is 2.51. The van der Waals surface area contributed by atoms with Crippen molar-refractivity contribution < 1.29 is 24.6 Å². The van der Waals surface area contributed by atoms with Crippen molar-refractivity contribution in [2.75, 3.05) is 0 Å². The minimum absolute atomic E-state index is 0.0413. The van der Waals surface area contributed by atoms with Crippen molar-refractivity contribution >= 4 is 45.1 Å². The summed E-state index contributed by atoms with van der Waals surface area (Å²) in [6.07, 6.45) is 0.0475. The van der Waals surface area contributed by atoms with Gasteiger partial charge in [0.15, 0.2) is 0 Å². The van der Waals surface area contributed by atoms with E-state index in [9.17, 15) is 24.6 Å². The Morgan fingerprint density at radius 3 is 2.48 bits per heavy atom. The Morgan fingerprint density at radius 1 is 1.24 bits per heavy atom. The van der Waals surface area contributed by atoms with E-state index < -0.39 is 35.3 Å². The molecule has 0 saturated carbocycles. The summed E-state index contributed by atoms with van der Waals surface area (Å²) < 4.78 is 0.690. The van der Waals surface area contributed by atoms with Crippen LogP contribution in [0.5, 0.6) is 0 Å². The number of nitrogens with zero attached hydrogens (tertiary/aromatic N) is 1. The van der Waals surface area contributed by atoms with Gasteiger partial charge in [0.05, 0.1) is 12.0 Å². The molecule has 0 spiro atoms. The monoisotopic (exact) mass is 479 g/mol. The minimum atomic E-state index is -1.59. The van der Waals surface area contributed by atoms with Crippen molar-refractivity contribution in [3.63, 3.8) is 0 Å². The Bertz CT molecular complexity index is 929. The van der Waals surface area contributed by atoms with Gasteiger partial charge in [-0.15, -0.1) is 11.3 Å². The maximum absolute atomic E-state index is 13.6. The van der Waals surface area contributed by atoms with Crippen LogP contribution in [0.2, 0.25) is 0 Å². The van der Waals surface area contributed by atoms with Crippen LogP contribution >= 0.6 is 27.3 Å². The van der Waals surface area contributed by atoms with Crippen molar-refractivity contribution in [1.29, 1.82) is 0 Å². The van der Waals surface area contributed by atoms with E-state index in [1.54, 1.807) is 41.8 Å². The summed E-state index contributed by atoms with van der Waals surface area (Å²) in [5.74, 6) is -3.78. The van der Waals surface area contributed by atoms with Gasteiger partial charge in [-0.1, -0.05) is 41.9 Å². The third-order valence-corrected chi connectivity index (χ3v) is 6.70. The molecule has 1 aliphatic rings. The SMILES string of the molecule is CC(C)CC1(C(=O)O)CC(C(=O)O)C(c2cccs2)N1C(=O)c1cccc(Br)c1. The molecule has 2 heterocycles. The number of halogens is 1. The Morgan fingerprint density at radius 2 is 1.97 bits per heavy atom. The van der Waals surface area contributed by atoms with Gasteiger partial charge in [-0.25, -0.2) is 4.79 Å². The van der Waals surface area contributed by atoms with Crippen LogP contribution in [0, 0.1) is 11.8 Å². The van der Waals surface area contributed by atoms with Gasteiger partial charge in [0.25, 0.3) is 5.91 Å². The lowest BCUT2D eigenvalue weighted by Crippen LogP contribution is -2.54. The summed E-state index contributed by atoms with van der Waals surface area (Å²) in [5.41, 5.74) is -1.27. The van der Waals surface area contributed by atoms with Crippen molar-refractivity contribution in [2.45, 2.75) is 38.3 Å². The van der Waals surface area contributed by atoms with Gasteiger partial charge in [-0.05, 0) is 48.4 Å². The van der Waals surface area contributed by atoms with E-state index in [0.29, 0.717) is 14.9 Å². The first-order chi connectivity index (χ1) is 13.7. The van der Waals surface area contributed by atoms with E-state index in [4.69, 9.17) is 0 Å². The van der Waals surface area contributed by atoms with Gasteiger partial charge >= 0.3 is 11.9 Å². The summed E-state index contributed by atoms with van der Waals surface area (Å²) in [7, 11) is 0. The average Bonchev–Trinajstić information content (AvgIpc) is 3.27. The number of carbonyl (C=O) groups is 3. The lowest BCUT2D eigenvalue weighted by molar-refractivity contribution is -0.150. The van der Waals surface area contributed by atoms with Gasteiger partial charge in [-0.3, -0.25) is 9.59 Å². The molecule has 1 amide bonds. The zero-order chi connectivity index (χ0) is 21.3. The molecule has 154 valence electrons. The number of thiophene rings is 1. The molecule has 1 saturated heterocycles. The van der Waals surface area contributed by atoms with Gasteiger partial charge < -0.3 is 15.1 Å². The fourth-order valence-corrected chi connectivity index (χ4v) is 5.52. The topological polar surface area (TPSA) is 94.9 Å². The number of amides is 1. The second-order valence-corrected chi connectivity index (χ2v) is 9.62. The zero-order valence-electron chi connectivity index (χ0n) is 16.0. The number of rotatable bonds is 6. The molecule has 2 aromatic rings. The number of hydrogen-bond donors (Lipinski definition) is 2. The number of aliphatic carboxylic acids is 2. The van der Waals surface area contributed by atoms with Gasteiger partial charge in [0.1, 0.15) is 5.54 Å². The van der Waals surface area contributed by atoms with Crippen molar-refractivity contribution in [3.05, 3.63) is 56.7 Å². The maximum atomic E-state index is 13.6. The van der Waals surface area contributed by atoms with E-state index in [-0.39, 0.29) is 18.8 Å². The lowest BCUT2D eigenvalue weighted by Gasteiger charge is -2.39. The predicted molar refractivity (Wildman–Crippen MR) is 113 cm³/mol. The molecule has 29 heavy (non-hydrogen) atoms. The summed E-state index contributed by atoms with van der Waals surface area (Å²) in [6, 6.07) is 9.43. The number of carbonyl (C=O) groups excluding carboxylic acids is 1. The molecule has 0 aliphatic carbocycles. The van der Waals surface area contributed by atoms with Crippen LogP contribution in [0.4, 0.5) is 0 Å². The van der Waals surface area contributed by atoms with Crippen molar-refractivity contribution in [2.24, 2.45) is 11.8 Å². The average molecular weight is 480 g/mol. The molecule has 3 unspecified atom stereocenters. The highest BCUT2D eigenvalue weighted by atomic mass is 79.9. The Hall–Kier alpha value is -2.19. The first kappa shape index (κ1) is 21.5. The summed E-state index contributed by atoms with van der Waals surface area (Å²) >= 11 is 4.68. The maximum Gasteiger partial charge on any atom is 0.329 e. The molecular weight excluding hydrogens is 458 g/mol. The highest BCUT2D eigenvalue weighted by Gasteiger charge is 2.61. The van der Waals surface area contributed by atoms with Crippen LogP contribution in [0.25, 0.3) is 0 Å². The molecule has 3 atom stereocenters. The molecule has 1 fully saturated rings. The van der Waals surface area contributed by atoms with E-state index in [0.717, 1.165) is 0 Å². The number of benzene rings is 1. The van der Waals surface area contributed by atoms with Crippen LogP contribution in [0.1, 0.15) is 48.0 Å². The van der Waals surface area contributed by atoms with Crippen LogP contribution in [0.15, 0.2) is 46.3 Å². The van der Waals surface area contributed by atoms with E-state index in [1.807, 2.05) is 13.8 Å². The molecule has 0 radical (unpaired) electrons. The normalized spacial score (nSPS) is 24.1. The standard InChI is InChI=1S/C21H22BrNO5S/c1-12(2)10-21(20(27)28)11-15(19(25)26)17(16-7-4-8-29-16)23(21)18(24)13-5-3-6-14(22)9-13/h3-9,12,15,17H,10-11H2,1-2H3,(H,25,26)(H,27,28). The molecular formula is C21H22BrNO5S. The summed E-state index contributed by atoms with van der Waals surface area (Å²) in [4.78, 5) is 40.3. The highest BCUT2D eigenvalue weighted by molar-refractivity contribution is 9.10. The molecule has 1 aromatic heterocycles. The second kappa shape index (κ2) is 8.28.